The lowest BCUT2D eigenvalue weighted by atomic mass is 10.1. The Morgan fingerprint density at radius 2 is 1.57 bits per heavy atom. The molecule has 3 N–H and O–H groups in total. The number of thiocarbonyl (C=S) groups is 1. The van der Waals surface area contributed by atoms with E-state index in [1.165, 1.54) is 6.07 Å². The number of hydrogen-bond donors (Lipinski definition) is 3. The number of nitro groups is 1. The third-order valence-electron chi connectivity index (χ3n) is 4.34. The number of anilines is 2. The second-order valence-corrected chi connectivity index (χ2v) is 6.98. The molecular weight excluding hydrogens is 400 g/mol. The number of nitrogens with one attached hydrogen (secondary N) is 3. The fourth-order valence-corrected chi connectivity index (χ4v) is 3.05. The van der Waals surface area contributed by atoms with Gasteiger partial charge in [0.2, 0.25) is 0 Å². The molecule has 1 amide bonds. The van der Waals surface area contributed by atoms with Gasteiger partial charge in [0.15, 0.2) is 5.11 Å². The second kappa shape index (κ2) is 9.62. The van der Waals surface area contributed by atoms with Gasteiger partial charge in [-0.25, -0.2) is 0 Å². The van der Waals surface area contributed by atoms with Crippen molar-refractivity contribution in [2.45, 2.75) is 13.0 Å². The molecule has 0 saturated carbocycles. The Morgan fingerprint density at radius 3 is 2.23 bits per heavy atom. The number of hydrogen-bond acceptors (Lipinski definition) is 4. The molecule has 8 heteroatoms. The summed E-state index contributed by atoms with van der Waals surface area (Å²) < 4.78 is 0. The molecule has 0 aliphatic carbocycles. The van der Waals surface area contributed by atoms with Gasteiger partial charge in [0.1, 0.15) is 11.7 Å². The Labute approximate surface area is 179 Å². The van der Waals surface area contributed by atoms with E-state index in [2.05, 4.69) is 16.0 Å². The average molecular weight is 420 g/mol. The van der Waals surface area contributed by atoms with Crippen LogP contribution in [0.1, 0.15) is 17.2 Å². The van der Waals surface area contributed by atoms with Crippen molar-refractivity contribution in [1.29, 1.82) is 0 Å². The maximum atomic E-state index is 13.0. The molecule has 0 aliphatic heterocycles. The molecule has 0 saturated heterocycles. The zero-order chi connectivity index (χ0) is 21.5. The summed E-state index contributed by atoms with van der Waals surface area (Å²) in [5, 5.41) is 20.0. The Balaban J connectivity index is 1.79. The third kappa shape index (κ3) is 5.39. The van der Waals surface area contributed by atoms with E-state index >= 15 is 0 Å². The zero-order valence-corrected chi connectivity index (χ0v) is 17.0. The molecule has 0 aromatic heterocycles. The maximum Gasteiger partial charge on any atom is 0.292 e. The van der Waals surface area contributed by atoms with Gasteiger partial charge < -0.3 is 16.0 Å². The van der Waals surface area contributed by atoms with Crippen LogP contribution in [0.15, 0.2) is 78.9 Å². The van der Waals surface area contributed by atoms with Crippen LogP contribution in [0.2, 0.25) is 0 Å². The van der Waals surface area contributed by atoms with Crippen LogP contribution >= 0.6 is 12.2 Å². The highest BCUT2D eigenvalue weighted by Gasteiger charge is 2.22. The first-order valence-corrected chi connectivity index (χ1v) is 9.58. The van der Waals surface area contributed by atoms with Crippen molar-refractivity contribution in [3.05, 3.63) is 100 Å². The van der Waals surface area contributed by atoms with Crippen LogP contribution in [-0.2, 0) is 4.79 Å². The minimum absolute atomic E-state index is 0.0946. The van der Waals surface area contributed by atoms with Gasteiger partial charge in [0, 0.05) is 11.8 Å². The van der Waals surface area contributed by atoms with Crippen LogP contribution in [0, 0.1) is 17.0 Å². The zero-order valence-electron chi connectivity index (χ0n) is 16.2. The molecule has 0 radical (unpaired) electrons. The lowest BCUT2D eigenvalue weighted by Crippen LogP contribution is -2.39. The first kappa shape index (κ1) is 20.9. The first-order valence-electron chi connectivity index (χ1n) is 9.17. The minimum Gasteiger partial charge on any atom is -0.347 e. The molecule has 3 aromatic rings. The molecule has 1 atom stereocenters. The van der Waals surface area contributed by atoms with Gasteiger partial charge in [-0.15, -0.1) is 0 Å². The summed E-state index contributed by atoms with van der Waals surface area (Å²) in [6.45, 7) is 1.97. The van der Waals surface area contributed by atoms with Crippen LogP contribution in [0.3, 0.4) is 0 Å². The van der Waals surface area contributed by atoms with E-state index in [1.54, 1.807) is 30.3 Å². The summed E-state index contributed by atoms with van der Waals surface area (Å²) in [4.78, 5) is 23.7. The summed E-state index contributed by atoms with van der Waals surface area (Å²) >= 11 is 5.33. The first-order chi connectivity index (χ1) is 14.4. The third-order valence-corrected chi connectivity index (χ3v) is 4.56. The molecule has 0 bridgehead atoms. The molecule has 0 fully saturated rings. The number of rotatable bonds is 6. The predicted octanol–water partition coefficient (Wildman–Crippen LogP) is 4.57. The molecule has 152 valence electrons. The number of carbonyl (C=O) groups is 1. The van der Waals surface area contributed by atoms with Crippen molar-refractivity contribution < 1.29 is 9.72 Å². The number of benzene rings is 3. The lowest BCUT2D eigenvalue weighted by Gasteiger charge is -2.21. The summed E-state index contributed by atoms with van der Waals surface area (Å²) in [6, 6.07) is 21.9. The quantitative estimate of drug-likeness (QED) is 0.307. The molecule has 0 aliphatic rings. The lowest BCUT2D eigenvalue weighted by molar-refractivity contribution is -0.383. The van der Waals surface area contributed by atoms with Crippen molar-refractivity contribution in [1.82, 2.24) is 5.32 Å². The topological polar surface area (TPSA) is 96.3 Å². The van der Waals surface area contributed by atoms with Crippen LogP contribution in [0.5, 0.6) is 0 Å². The normalized spacial score (nSPS) is 11.2. The van der Waals surface area contributed by atoms with Gasteiger partial charge in [-0.2, -0.15) is 0 Å². The van der Waals surface area contributed by atoms with Gasteiger partial charge in [-0.3, -0.25) is 14.9 Å². The molecule has 0 spiro atoms. The molecule has 3 rings (SSSR count). The fourth-order valence-electron chi connectivity index (χ4n) is 2.83. The predicted molar refractivity (Wildman–Crippen MR) is 121 cm³/mol. The Morgan fingerprint density at radius 1 is 0.933 bits per heavy atom. The van der Waals surface area contributed by atoms with Crippen molar-refractivity contribution in [2.75, 3.05) is 10.6 Å². The van der Waals surface area contributed by atoms with E-state index in [9.17, 15) is 14.9 Å². The van der Waals surface area contributed by atoms with Gasteiger partial charge in [-0.05, 0) is 42.9 Å². The maximum absolute atomic E-state index is 13.0. The van der Waals surface area contributed by atoms with Crippen LogP contribution in [-0.4, -0.2) is 15.9 Å². The van der Waals surface area contributed by atoms with Gasteiger partial charge in [0.25, 0.3) is 11.6 Å². The van der Waals surface area contributed by atoms with Gasteiger partial charge in [-0.1, -0.05) is 60.2 Å². The highest BCUT2D eigenvalue weighted by molar-refractivity contribution is 7.80. The summed E-state index contributed by atoms with van der Waals surface area (Å²) in [7, 11) is 0. The highest BCUT2D eigenvalue weighted by Crippen LogP contribution is 2.23. The van der Waals surface area contributed by atoms with Crippen molar-refractivity contribution in [2.24, 2.45) is 0 Å². The molecular formula is C22H20N4O3S. The number of carbonyl (C=O) groups excluding carboxylic acids is 1. The van der Waals surface area contributed by atoms with Crippen molar-refractivity contribution in [3.63, 3.8) is 0 Å². The monoisotopic (exact) mass is 420 g/mol. The standard InChI is InChI=1S/C22H20N4O3S/c1-15-11-13-17(14-12-15)23-21(27)20(16-7-3-2-4-8-16)25-22(30)24-18-9-5-6-10-19(18)26(28)29/h2-14,20H,1H3,(H,23,27)(H2,24,25,30). The van der Waals surface area contributed by atoms with Crippen LogP contribution in [0.25, 0.3) is 0 Å². The number of nitrogens with zero attached hydrogens (tertiary/aromatic N) is 1. The average Bonchev–Trinajstić information content (AvgIpc) is 2.74. The van der Waals surface area contributed by atoms with E-state index in [0.717, 1.165) is 5.56 Å². The van der Waals surface area contributed by atoms with E-state index in [0.29, 0.717) is 11.3 Å². The molecule has 1 unspecified atom stereocenters. The second-order valence-electron chi connectivity index (χ2n) is 6.57. The van der Waals surface area contributed by atoms with Gasteiger partial charge in [0.05, 0.1) is 4.92 Å². The Hall–Kier alpha value is -3.78. The SMILES string of the molecule is Cc1ccc(NC(=O)C(NC(=S)Nc2ccccc2[N+](=O)[O-])c2ccccc2)cc1. The molecule has 7 nitrogen and oxygen atoms in total. The number of nitro benzene ring substituents is 1. The largest absolute Gasteiger partial charge is 0.347 e. The minimum atomic E-state index is -0.796. The van der Waals surface area contributed by atoms with E-state index in [4.69, 9.17) is 12.2 Å². The summed E-state index contributed by atoms with van der Waals surface area (Å²) in [5.41, 5.74) is 2.58. The number of amides is 1. The van der Waals surface area contributed by atoms with Gasteiger partial charge >= 0.3 is 0 Å². The van der Waals surface area contributed by atoms with E-state index in [1.807, 2.05) is 49.4 Å². The number of para-hydroxylation sites is 2. The Kier molecular flexibility index (Phi) is 6.71. The molecule has 3 aromatic carbocycles. The van der Waals surface area contributed by atoms with Crippen molar-refractivity contribution >= 4 is 40.3 Å². The van der Waals surface area contributed by atoms with Crippen LogP contribution in [0.4, 0.5) is 17.1 Å². The van der Waals surface area contributed by atoms with E-state index < -0.39 is 11.0 Å². The summed E-state index contributed by atoms with van der Waals surface area (Å²) in [5.74, 6) is -0.309. The van der Waals surface area contributed by atoms with Crippen LogP contribution < -0.4 is 16.0 Å². The Bertz CT molecular complexity index is 1060. The van der Waals surface area contributed by atoms with E-state index in [-0.39, 0.29) is 22.4 Å². The molecule has 0 heterocycles. The summed E-state index contributed by atoms with van der Waals surface area (Å²) in [6.07, 6.45) is 0. The number of aryl methyl sites for hydroxylation is 1. The highest BCUT2D eigenvalue weighted by atomic mass is 32.1. The smallest absolute Gasteiger partial charge is 0.292 e. The molecule has 30 heavy (non-hydrogen) atoms. The van der Waals surface area contributed by atoms with Crippen molar-refractivity contribution in [3.8, 4) is 0 Å². The fraction of sp³-hybridized carbons (Fsp3) is 0.0909.